The van der Waals surface area contributed by atoms with Gasteiger partial charge in [-0.25, -0.2) is 0 Å². The van der Waals surface area contributed by atoms with Crippen molar-refractivity contribution in [2.45, 2.75) is 0 Å². The topological polar surface area (TPSA) is 76.6 Å². The second-order valence-electron chi connectivity index (χ2n) is 0.506. The van der Waals surface area contributed by atoms with Crippen LogP contribution in [0, 0.1) is 0 Å². The van der Waals surface area contributed by atoms with Gasteiger partial charge in [-0.1, -0.05) is 0 Å². The maximum absolute atomic E-state index is 9.12. The van der Waals surface area contributed by atoms with Crippen molar-refractivity contribution in [2.24, 2.45) is 0 Å². The third-order valence-electron chi connectivity index (χ3n) is 0.109. The van der Waals surface area contributed by atoms with E-state index in [0.717, 1.165) is 0 Å². The fourth-order valence-corrected chi connectivity index (χ4v) is 0. The van der Waals surface area contributed by atoms with Crippen molar-refractivity contribution in [3.8, 4) is 0 Å². The molecule has 0 radical (unpaired) electrons. The van der Waals surface area contributed by atoms with Crippen molar-refractivity contribution in [3.05, 3.63) is 0 Å². The van der Waals surface area contributed by atoms with E-state index >= 15 is 0 Å². The molecule has 0 aromatic carbocycles. The fourth-order valence-electron chi connectivity index (χ4n) is 0. The lowest BCUT2D eigenvalue weighted by Gasteiger charge is -1.85. The third-order valence-corrected chi connectivity index (χ3v) is 0.327. The van der Waals surface area contributed by atoms with Crippen LogP contribution in [0.1, 0.15) is 0 Å². The minimum atomic E-state index is -1.23. The normalized spacial score (nSPS) is 6.17. The monoisotopic (exact) mass is 111 g/mol. The number of rotatable bonds is 1. The number of carbonyl (C=O) groups excluding carboxylic acids is 1. The van der Waals surface area contributed by atoms with Crippen molar-refractivity contribution in [1.82, 2.24) is 6.15 Å². The SMILES string of the molecule is O=C([O-])CCl.[NH4+]. The highest BCUT2D eigenvalue weighted by Gasteiger charge is 1.68. The molecule has 0 aliphatic rings. The average molecular weight is 112 g/mol. The lowest BCUT2D eigenvalue weighted by atomic mass is 10.8. The molecule has 6 heavy (non-hydrogen) atoms. The van der Waals surface area contributed by atoms with Gasteiger partial charge >= 0.3 is 0 Å². The van der Waals surface area contributed by atoms with E-state index in [1.807, 2.05) is 0 Å². The molecule has 0 spiro atoms. The minimum absolute atomic E-state index is 0. The summed E-state index contributed by atoms with van der Waals surface area (Å²) < 4.78 is 0. The van der Waals surface area contributed by atoms with Gasteiger partial charge in [-0.3, -0.25) is 0 Å². The van der Waals surface area contributed by atoms with Gasteiger partial charge in [0.25, 0.3) is 0 Å². The Labute approximate surface area is 40.5 Å². The lowest BCUT2D eigenvalue weighted by Crippen LogP contribution is -2.23. The van der Waals surface area contributed by atoms with Gasteiger partial charge in [0, 0.05) is 0 Å². The Morgan fingerprint density at radius 3 is 2.00 bits per heavy atom. The van der Waals surface area contributed by atoms with Crippen LogP contribution < -0.4 is 11.3 Å². The quantitative estimate of drug-likeness (QED) is 0.457. The van der Waals surface area contributed by atoms with Crippen LogP contribution >= 0.6 is 11.6 Å². The Morgan fingerprint density at radius 1 is 1.83 bits per heavy atom. The van der Waals surface area contributed by atoms with Crippen molar-refractivity contribution in [2.75, 3.05) is 5.88 Å². The van der Waals surface area contributed by atoms with Crippen LogP contribution in [0.4, 0.5) is 0 Å². The van der Waals surface area contributed by atoms with E-state index in [4.69, 9.17) is 9.90 Å². The smallest absolute Gasteiger partial charge is 0.0620 e. The summed E-state index contributed by atoms with van der Waals surface area (Å²) in [6.07, 6.45) is 0. The first-order valence-corrected chi connectivity index (χ1v) is 1.56. The lowest BCUT2D eigenvalue weighted by molar-refractivity contribution is -0.301. The standard InChI is InChI=1S/C2H3ClO2.H3N/c3-1-2(4)5;/h1H2,(H,4,5);1H3. The maximum Gasteiger partial charge on any atom is 0.0620 e. The first-order valence-electron chi connectivity index (χ1n) is 1.03. The van der Waals surface area contributed by atoms with Gasteiger partial charge in [0.05, 0.1) is 11.8 Å². The zero-order valence-corrected chi connectivity index (χ0v) is 4.16. The Kier molecular flexibility index (Phi) is 7.24. The van der Waals surface area contributed by atoms with Crippen LogP contribution in [0.3, 0.4) is 0 Å². The fraction of sp³-hybridized carbons (Fsp3) is 0.500. The molecule has 0 fully saturated rings. The second-order valence-corrected chi connectivity index (χ2v) is 0.773. The highest BCUT2D eigenvalue weighted by atomic mass is 35.5. The molecule has 0 aromatic heterocycles. The first kappa shape index (κ1) is 9.21. The predicted molar refractivity (Wildman–Crippen MR) is 21.7 cm³/mol. The summed E-state index contributed by atoms with van der Waals surface area (Å²) in [6, 6.07) is 0. The number of hydrogen-bond acceptors (Lipinski definition) is 2. The highest BCUT2D eigenvalue weighted by molar-refractivity contribution is 6.25. The number of carbonyl (C=O) groups is 1. The summed E-state index contributed by atoms with van der Waals surface area (Å²) in [6.45, 7) is 0. The number of halogens is 1. The summed E-state index contributed by atoms with van der Waals surface area (Å²) in [5, 5.41) is 9.12. The van der Waals surface area contributed by atoms with Crippen LogP contribution in [0.5, 0.6) is 0 Å². The highest BCUT2D eigenvalue weighted by Crippen LogP contribution is 1.63. The van der Waals surface area contributed by atoms with Crippen molar-refractivity contribution in [3.63, 3.8) is 0 Å². The molecule has 0 saturated carbocycles. The Balaban J connectivity index is 0. The molecule has 0 unspecified atom stereocenters. The van der Waals surface area contributed by atoms with Gasteiger partial charge in [-0.05, 0) is 0 Å². The van der Waals surface area contributed by atoms with E-state index in [1.54, 1.807) is 0 Å². The average Bonchev–Trinajstić information content (AvgIpc) is 1.38. The van der Waals surface area contributed by atoms with Gasteiger partial charge in [0.15, 0.2) is 0 Å². The molecule has 0 aliphatic heterocycles. The van der Waals surface area contributed by atoms with E-state index < -0.39 is 11.8 Å². The van der Waals surface area contributed by atoms with Gasteiger partial charge < -0.3 is 16.1 Å². The van der Waals surface area contributed by atoms with Crippen LogP contribution in [-0.2, 0) is 4.79 Å². The van der Waals surface area contributed by atoms with Gasteiger partial charge in [-0.2, -0.15) is 0 Å². The Hall–Kier alpha value is -0.280. The molecule has 0 rings (SSSR count). The molecule has 3 nitrogen and oxygen atoms in total. The zero-order chi connectivity index (χ0) is 4.28. The summed E-state index contributed by atoms with van der Waals surface area (Å²) in [4.78, 5) is 9.12. The van der Waals surface area contributed by atoms with Crippen LogP contribution in [0.15, 0.2) is 0 Å². The molecule has 0 saturated heterocycles. The number of quaternary nitrogens is 1. The molecule has 38 valence electrons. The van der Waals surface area contributed by atoms with E-state index in [9.17, 15) is 0 Å². The van der Waals surface area contributed by atoms with Crippen LogP contribution in [-0.4, -0.2) is 11.8 Å². The molecule has 4 N–H and O–H groups in total. The van der Waals surface area contributed by atoms with Gasteiger partial charge in [0.2, 0.25) is 0 Å². The molecule has 0 bridgehead atoms. The number of carboxylic acid groups (broad SMARTS) is 1. The first-order chi connectivity index (χ1) is 2.27. The molecule has 0 amide bonds. The molecule has 0 aromatic rings. The Morgan fingerprint density at radius 2 is 2.00 bits per heavy atom. The number of aliphatic carboxylic acids is 1. The molecule has 0 heterocycles. The van der Waals surface area contributed by atoms with E-state index in [2.05, 4.69) is 11.6 Å². The summed E-state index contributed by atoms with van der Waals surface area (Å²) in [7, 11) is 0. The summed E-state index contributed by atoms with van der Waals surface area (Å²) in [5.41, 5.74) is 0. The third kappa shape index (κ3) is 9.30. The number of alkyl halides is 1. The number of carboxylic acids is 1. The molecule has 0 aliphatic carbocycles. The van der Waals surface area contributed by atoms with Crippen molar-refractivity contribution >= 4 is 17.6 Å². The van der Waals surface area contributed by atoms with Gasteiger partial charge in [-0.15, -0.1) is 11.6 Å². The van der Waals surface area contributed by atoms with Crippen molar-refractivity contribution < 1.29 is 9.90 Å². The minimum Gasteiger partial charge on any atom is -0.549 e. The zero-order valence-electron chi connectivity index (χ0n) is 3.40. The molecule has 0 atom stereocenters. The largest absolute Gasteiger partial charge is 0.549 e. The number of hydrogen-bond donors (Lipinski definition) is 1. The summed E-state index contributed by atoms with van der Waals surface area (Å²) >= 11 is 4.67. The molecule has 4 heteroatoms. The predicted octanol–water partition coefficient (Wildman–Crippen LogP) is -0.649. The van der Waals surface area contributed by atoms with E-state index in [-0.39, 0.29) is 6.15 Å². The maximum atomic E-state index is 9.12. The second kappa shape index (κ2) is 4.72. The summed E-state index contributed by atoms with van der Waals surface area (Å²) in [5.74, 6) is -1.65. The van der Waals surface area contributed by atoms with Crippen molar-refractivity contribution in [1.29, 1.82) is 0 Å². The van der Waals surface area contributed by atoms with E-state index in [0.29, 0.717) is 0 Å². The molecular formula is C2H6ClNO2. The van der Waals surface area contributed by atoms with Crippen LogP contribution in [0.25, 0.3) is 0 Å². The molecular weight excluding hydrogens is 105 g/mol. The van der Waals surface area contributed by atoms with Gasteiger partial charge in [0.1, 0.15) is 0 Å². The van der Waals surface area contributed by atoms with Crippen LogP contribution in [0.2, 0.25) is 0 Å². The van der Waals surface area contributed by atoms with E-state index in [1.165, 1.54) is 0 Å². The Bertz CT molecular complexity index is 46.8.